The average molecular weight is 320 g/mol. The van der Waals surface area contributed by atoms with E-state index in [-0.39, 0.29) is 12.4 Å². The number of halogens is 2. The van der Waals surface area contributed by atoms with Crippen LogP contribution >= 0.6 is 28.3 Å². The third-order valence-corrected chi connectivity index (χ3v) is 2.98. The van der Waals surface area contributed by atoms with Crippen molar-refractivity contribution in [3.63, 3.8) is 0 Å². The summed E-state index contributed by atoms with van der Waals surface area (Å²) in [6.07, 6.45) is 2.13. The summed E-state index contributed by atoms with van der Waals surface area (Å²) in [5.74, 6) is -0.982. The van der Waals surface area contributed by atoms with Crippen LogP contribution in [-0.4, -0.2) is 22.1 Å². The van der Waals surface area contributed by atoms with Gasteiger partial charge in [0.25, 0.3) is 0 Å². The molecule has 0 unspecified atom stereocenters. The Labute approximate surface area is 113 Å². The maximum atomic E-state index is 10.7. The molecule has 1 atom stereocenters. The van der Waals surface area contributed by atoms with Gasteiger partial charge in [-0.3, -0.25) is 4.79 Å². The van der Waals surface area contributed by atoms with Gasteiger partial charge >= 0.3 is 5.97 Å². The minimum atomic E-state index is -0.982. The third-order valence-electron chi connectivity index (χ3n) is 2.49. The van der Waals surface area contributed by atoms with Crippen molar-refractivity contribution in [2.45, 2.75) is 12.5 Å². The van der Waals surface area contributed by atoms with Gasteiger partial charge in [0.05, 0.1) is 0 Å². The van der Waals surface area contributed by atoms with E-state index >= 15 is 0 Å². The molecule has 0 bridgehead atoms. The summed E-state index contributed by atoms with van der Waals surface area (Å²) in [6.45, 7) is 0. The van der Waals surface area contributed by atoms with Crippen LogP contribution in [0.3, 0.4) is 0 Å². The third kappa shape index (κ3) is 3.00. The highest BCUT2D eigenvalue weighted by molar-refractivity contribution is 9.10. The summed E-state index contributed by atoms with van der Waals surface area (Å²) >= 11 is 3.38. The Morgan fingerprint density at radius 2 is 2.24 bits per heavy atom. The molecular weight excluding hydrogens is 307 g/mol. The predicted molar refractivity (Wildman–Crippen MR) is 72.6 cm³/mol. The highest BCUT2D eigenvalue weighted by Gasteiger charge is 2.14. The molecule has 0 fully saturated rings. The normalized spacial score (nSPS) is 12.1. The van der Waals surface area contributed by atoms with E-state index in [4.69, 9.17) is 10.8 Å². The molecule has 6 heteroatoms. The van der Waals surface area contributed by atoms with E-state index in [1.165, 1.54) is 0 Å². The molecule has 2 rings (SSSR count). The average Bonchev–Trinajstić information content (AvgIpc) is 2.61. The molecule has 1 aromatic carbocycles. The lowest BCUT2D eigenvalue weighted by Crippen LogP contribution is -2.32. The van der Waals surface area contributed by atoms with Gasteiger partial charge in [-0.2, -0.15) is 0 Å². The number of H-pyrrole nitrogens is 1. The van der Waals surface area contributed by atoms with Crippen LogP contribution in [0.15, 0.2) is 28.9 Å². The Morgan fingerprint density at radius 1 is 1.53 bits per heavy atom. The van der Waals surface area contributed by atoms with Gasteiger partial charge in [0.15, 0.2) is 0 Å². The number of benzene rings is 1. The molecule has 0 radical (unpaired) electrons. The number of nitrogens with two attached hydrogens (primary N) is 1. The molecule has 0 saturated carbocycles. The zero-order chi connectivity index (χ0) is 11.7. The molecule has 2 aromatic rings. The van der Waals surface area contributed by atoms with Crippen molar-refractivity contribution >= 4 is 45.2 Å². The van der Waals surface area contributed by atoms with Crippen LogP contribution in [0.1, 0.15) is 5.56 Å². The SMILES string of the molecule is Cl.N[C@@H](Cc1c[nH]c2ccc(Br)cc12)C(=O)O. The molecule has 0 aliphatic rings. The second-order valence-corrected chi connectivity index (χ2v) is 4.57. The van der Waals surface area contributed by atoms with E-state index in [0.29, 0.717) is 6.42 Å². The Bertz CT molecular complexity index is 541. The number of aromatic amines is 1. The quantitative estimate of drug-likeness (QED) is 0.812. The molecule has 0 aliphatic carbocycles. The largest absolute Gasteiger partial charge is 0.480 e. The fraction of sp³-hybridized carbons (Fsp3) is 0.182. The first-order valence-corrected chi connectivity index (χ1v) is 5.61. The summed E-state index contributed by atoms with van der Waals surface area (Å²) in [4.78, 5) is 13.8. The lowest BCUT2D eigenvalue weighted by atomic mass is 10.1. The van der Waals surface area contributed by atoms with E-state index in [1.54, 1.807) is 6.20 Å². The summed E-state index contributed by atoms with van der Waals surface area (Å²) in [7, 11) is 0. The molecule has 4 nitrogen and oxygen atoms in total. The lowest BCUT2D eigenvalue weighted by molar-refractivity contribution is -0.138. The van der Waals surface area contributed by atoms with Crippen LogP contribution in [0.2, 0.25) is 0 Å². The van der Waals surface area contributed by atoms with Crippen LogP contribution in [0, 0.1) is 0 Å². The first-order valence-electron chi connectivity index (χ1n) is 4.82. The number of carboxylic acid groups (broad SMARTS) is 1. The van der Waals surface area contributed by atoms with E-state index < -0.39 is 12.0 Å². The molecule has 0 spiro atoms. The van der Waals surface area contributed by atoms with Gasteiger partial charge in [-0.15, -0.1) is 12.4 Å². The second kappa shape index (κ2) is 5.53. The number of hydrogen-bond donors (Lipinski definition) is 3. The number of carbonyl (C=O) groups is 1. The first kappa shape index (κ1) is 14.0. The maximum absolute atomic E-state index is 10.7. The first-order chi connectivity index (χ1) is 7.58. The molecular formula is C11H12BrClN2O2. The van der Waals surface area contributed by atoms with Gasteiger partial charge in [0, 0.05) is 28.0 Å². The van der Waals surface area contributed by atoms with E-state index in [0.717, 1.165) is 20.9 Å². The number of carboxylic acids is 1. The zero-order valence-electron chi connectivity index (χ0n) is 8.81. The highest BCUT2D eigenvalue weighted by Crippen LogP contribution is 2.23. The highest BCUT2D eigenvalue weighted by atomic mass is 79.9. The summed E-state index contributed by atoms with van der Waals surface area (Å²) in [5.41, 5.74) is 7.42. The zero-order valence-corrected chi connectivity index (χ0v) is 11.2. The van der Waals surface area contributed by atoms with E-state index in [9.17, 15) is 4.79 Å². The predicted octanol–water partition coefficient (Wildman–Crippen LogP) is 2.31. The number of fused-ring (bicyclic) bond motifs is 1. The lowest BCUT2D eigenvalue weighted by Gasteiger charge is -2.04. The molecule has 0 aliphatic heterocycles. The Hall–Kier alpha value is -1.04. The van der Waals surface area contributed by atoms with Crippen molar-refractivity contribution in [2.75, 3.05) is 0 Å². The van der Waals surface area contributed by atoms with E-state index in [1.807, 2.05) is 18.2 Å². The van der Waals surface area contributed by atoms with Crippen LogP contribution in [0.5, 0.6) is 0 Å². The molecule has 92 valence electrons. The van der Waals surface area contributed by atoms with Gasteiger partial charge in [-0.05, 0) is 23.8 Å². The summed E-state index contributed by atoms with van der Waals surface area (Å²) < 4.78 is 0.963. The Balaban J connectivity index is 0.00000144. The van der Waals surface area contributed by atoms with Crippen LogP contribution in [0.4, 0.5) is 0 Å². The summed E-state index contributed by atoms with van der Waals surface area (Å²) in [5, 5.41) is 9.77. The number of aromatic nitrogens is 1. The number of rotatable bonds is 3. The van der Waals surface area contributed by atoms with Gasteiger partial charge in [-0.1, -0.05) is 15.9 Å². The number of hydrogen-bond acceptors (Lipinski definition) is 2. The second-order valence-electron chi connectivity index (χ2n) is 3.65. The molecule has 1 aromatic heterocycles. The monoisotopic (exact) mass is 318 g/mol. The Kier molecular flexibility index (Phi) is 4.56. The minimum absolute atomic E-state index is 0. The van der Waals surface area contributed by atoms with Crippen molar-refractivity contribution in [3.8, 4) is 0 Å². The standard InChI is InChI=1S/C11H11BrN2O2.ClH/c12-7-1-2-10-8(4-7)6(5-14-10)3-9(13)11(15)16;/h1-2,4-5,9,14H,3,13H2,(H,15,16);1H/t9-;/m0./s1. The van der Waals surface area contributed by atoms with Crippen molar-refractivity contribution in [3.05, 3.63) is 34.4 Å². The molecule has 4 N–H and O–H groups in total. The van der Waals surface area contributed by atoms with Crippen LogP contribution in [-0.2, 0) is 11.2 Å². The molecule has 0 saturated heterocycles. The van der Waals surface area contributed by atoms with E-state index in [2.05, 4.69) is 20.9 Å². The van der Waals surface area contributed by atoms with Crippen LogP contribution in [0.25, 0.3) is 10.9 Å². The van der Waals surface area contributed by atoms with Gasteiger partial charge < -0.3 is 15.8 Å². The van der Waals surface area contributed by atoms with Gasteiger partial charge in [0.1, 0.15) is 6.04 Å². The van der Waals surface area contributed by atoms with Crippen molar-refractivity contribution in [1.29, 1.82) is 0 Å². The molecule has 17 heavy (non-hydrogen) atoms. The summed E-state index contributed by atoms with van der Waals surface area (Å²) in [6, 6.07) is 4.96. The number of aliphatic carboxylic acids is 1. The molecule has 1 heterocycles. The fourth-order valence-electron chi connectivity index (χ4n) is 1.64. The van der Waals surface area contributed by atoms with Crippen molar-refractivity contribution in [2.24, 2.45) is 5.73 Å². The van der Waals surface area contributed by atoms with Crippen molar-refractivity contribution in [1.82, 2.24) is 4.98 Å². The maximum Gasteiger partial charge on any atom is 0.320 e. The minimum Gasteiger partial charge on any atom is -0.480 e. The fourth-order valence-corrected chi connectivity index (χ4v) is 2.00. The van der Waals surface area contributed by atoms with Gasteiger partial charge in [-0.25, -0.2) is 0 Å². The topological polar surface area (TPSA) is 79.1 Å². The molecule has 0 amide bonds. The Morgan fingerprint density at radius 3 is 2.88 bits per heavy atom. The van der Waals surface area contributed by atoms with Crippen LogP contribution < -0.4 is 5.73 Å². The smallest absolute Gasteiger partial charge is 0.320 e. The number of nitrogens with one attached hydrogen (secondary N) is 1. The van der Waals surface area contributed by atoms with Crippen molar-refractivity contribution < 1.29 is 9.90 Å². The van der Waals surface area contributed by atoms with Gasteiger partial charge in [0.2, 0.25) is 0 Å².